The van der Waals surface area contributed by atoms with Gasteiger partial charge in [0, 0.05) is 24.4 Å². The van der Waals surface area contributed by atoms with Crippen molar-refractivity contribution in [3.05, 3.63) is 95.9 Å². The number of carbonyl (C=O) groups excluding carboxylic acids is 1. The Hall–Kier alpha value is -4.19. The van der Waals surface area contributed by atoms with Gasteiger partial charge < -0.3 is 4.74 Å². The molecule has 4 aromatic rings. The van der Waals surface area contributed by atoms with Gasteiger partial charge in [0.15, 0.2) is 5.69 Å². The highest BCUT2D eigenvalue weighted by Crippen LogP contribution is 2.33. The molecule has 0 aliphatic rings. The number of halogens is 3. The number of hydrogen-bond acceptors (Lipinski definition) is 6. The van der Waals surface area contributed by atoms with Gasteiger partial charge in [-0.3, -0.25) is 4.98 Å². The van der Waals surface area contributed by atoms with Gasteiger partial charge in [-0.15, -0.1) is 0 Å². The number of aromatic nitrogens is 3. The Bertz CT molecular complexity index is 1490. The first kappa shape index (κ1) is 25.9. The van der Waals surface area contributed by atoms with E-state index in [0.29, 0.717) is 16.8 Å². The molecule has 0 bridgehead atoms. The number of benzene rings is 2. The van der Waals surface area contributed by atoms with Gasteiger partial charge in [-0.05, 0) is 55.0 Å². The highest BCUT2D eigenvalue weighted by molar-refractivity contribution is 7.90. The summed E-state index contributed by atoms with van der Waals surface area (Å²) in [6.45, 7) is 1.69. The number of aryl methyl sites for hydroxylation is 1. The molecule has 0 saturated heterocycles. The Balaban J connectivity index is 1.41. The molecule has 2 aromatic carbocycles. The molecule has 0 radical (unpaired) electrons. The van der Waals surface area contributed by atoms with Crippen molar-refractivity contribution in [2.75, 3.05) is 6.61 Å². The predicted octanol–water partition coefficient (Wildman–Crippen LogP) is 4.92. The van der Waals surface area contributed by atoms with E-state index in [2.05, 4.69) is 10.1 Å². The average Bonchev–Trinajstić information content (AvgIpc) is 3.31. The number of carbonyl (C=O) groups is 1. The summed E-state index contributed by atoms with van der Waals surface area (Å²) < 4.78 is 72.5. The minimum absolute atomic E-state index is 0.0657. The van der Waals surface area contributed by atoms with Crippen LogP contribution in [0.1, 0.15) is 16.8 Å². The van der Waals surface area contributed by atoms with Gasteiger partial charge in [-0.2, -0.15) is 18.3 Å². The first-order valence-corrected chi connectivity index (χ1v) is 12.4. The number of rotatable bonds is 7. The van der Waals surface area contributed by atoms with E-state index < -0.39 is 28.0 Å². The second kappa shape index (κ2) is 10.4. The molecule has 0 atom stereocenters. The summed E-state index contributed by atoms with van der Waals surface area (Å²) in [4.78, 5) is 15.8. The molecule has 192 valence electrons. The van der Waals surface area contributed by atoms with Crippen molar-refractivity contribution in [2.45, 2.75) is 24.4 Å². The second-order valence-corrected chi connectivity index (χ2v) is 9.71. The van der Waals surface area contributed by atoms with Gasteiger partial charge >= 0.3 is 12.3 Å². The van der Waals surface area contributed by atoms with E-state index in [9.17, 15) is 26.4 Å². The Morgan fingerprint density at radius 1 is 1.00 bits per heavy atom. The third-order valence-electron chi connectivity index (χ3n) is 5.33. The van der Waals surface area contributed by atoms with Gasteiger partial charge in [0.25, 0.3) is 10.0 Å². The van der Waals surface area contributed by atoms with Crippen LogP contribution in [-0.4, -0.2) is 35.9 Å². The molecule has 0 saturated carbocycles. The standard InChI is InChI=1S/C25H21F3N4O4S/c1-17-2-8-21(9-3-17)37(34,35)31-24(33)36-15-12-18-4-6-20(7-5-18)32-22(19-10-13-29-14-11-19)16-23(30-32)25(26,27)28/h2-11,13-14,16H,12,15H2,1H3,(H,31,33). The van der Waals surface area contributed by atoms with Crippen LogP contribution in [0.25, 0.3) is 16.9 Å². The molecule has 0 aliphatic carbocycles. The van der Waals surface area contributed by atoms with E-state index >= 15 is 0 Å². The lowest BCUT2D eigenvalue weighted by Crippen LogP contribution is -2.31. The topological polar surface area (TPSA) is 103 Å². The predicted molar refractivity (Wildman–Crippen MR) is 128 cm³/mol. The van der Waals surface area contributed by atoms with Gasteiger partial charge in [0.1, 0.15) is 0 Å². The van der Waals surface area contributed by atoms with Crippen LogP contribution in [0.15, 0.2) is 84.0 Å². The van der Waals surface area contributed by atoms with E-state index in [1.807, 2.05) is 4.72 Å². The summed E-state index contributed by atoms with van der Waals surface area (Å²) in [5.74, 6) is 0. The number of alkyl halides is 3. The Morgan fingerprint density at radius 2 is 1.65 bits per heavy atom. The van der Waals surface area contributed by atoms with E-state index in [1.54, 1.807) is 55.5 Å². The lowest BCUT2D eigenvalue weighted by atomic mass is 10.1. The molecule has 0 unspecified atom stereocenters. The molecule has 4 rings (SSSR count). The van der Waals surface area contributed by atoms with E-state index in [1.165, 1.54) is 29.2 Å². The molecule has 1 amide bonds. The minimum atomic E-state index is -4.61. The second-order valence-electron chi connectivity index (χ2n) is 8.03. The van der Waals surface area contributed by atoms with E-state index in [4.69, 9.17) is 4.74 Å². The smallest absolute Gasteiger partial charge is 0.435 e. The van der Waals surface area contributed by atoms with Crippen molar-refractivity contribution in [3.63, 3.8) is 0 Å². The zero-order valence-corrected chi connectivity index (χ0v) is 20.3. The van der Waals surface area contributed by atoms with Crippen molar-refractivity contribution in [2.24, 2.45) is 0 Å². The molecule has 0 spiro atoms. The molecule has 37 heavy (non-hydrogen) atoms. The lowest BCUT2D eigenvalue weighted by Gasteiger charge is -2.10. The van der Waals surface area contributed by atoms with Crippen molar-refractivity contribution < 1.29 is 31.1 Å². The molecule has 1 N–H and O–H groups in total. The van der Waals surface area contributed by atoms with Gasteiger partial charge in [0.2, 0.25) is 0 Å². The SMILES string of the molecule is Cc1ccc(S(=O)(=O)NC(=O)OCCc2ccc(-n3nc(C(F)(F)F)cc3-c3ccncc3)cc2)cc1. The average molecular weight is 531 g/mol. The van der Waals surface area contributed by atoms with Crippen molar-refractivity contribution in [3.8, 4) is 16.9 Å². The zero-order chi connectivity index (χ0) is 26.6. The number of hydrogen-bond donors (Lipinski definition) is 1. The number of amides is 1. The molecule has 2 aromatic heterocycles. The quantitative estimate of drug-likeness (QED) is 0.364. The summed E-state index contributed by atoms with van der Waals surface area (Å²) in [6, 6.07) is 16.6. The van der Waals surface area contributed by atoms with Crippen LogP contribution in [-0.2, 0) is 27.4 Å². The molecule has 0 fully saturated rings. The van der Waals surface area contributed by atoms with E-state index in [-0.39, 0.29) is 23.6 Å². The van der Waals surface area contributed by atoms with Crippen molar-refractivity contribution >= 4 is 16.1 Å². The Morgan fingerprint density at radius 3 is 2.27 bits per heavy atom. The summed E-state index contributed by atoms with van der Waals surface area (Å²) in [7, 11) is -4.06. The zero-order valence-electron chi connectivity index (χ0n) is 19.4. The molecular weight excluding hydrogens is 509 g/mol. The maximum Gasteiger partial charge on any atom is 0.435 e. The summed E-state index contributed by atoms with van der Waals surface area (Å²) in [6.07, 6.45) is -2.52. The molecule has 12 heteroatoms. The van der Waals surface area contributed by atoms with E-state index in [0.717, 1.165) is 11.6 Å². The largest absolute Gasteiger partial charge is 0.448 e. The van der Waals surface area contributed by atoms with Crippen LogP contribution >= 0.6 is 0 Å². The van der Waals surface area contributed by atoms with Crippen LogP contribution < -0.4 is 4.72 Å². The number of nitrogens with one attached hydrogen (secondary N) is 1. The van der Waals surface area contributed by atoms with Gasteiger partial charge in [-0.25, -0.2) is 22.6 Å². The number of pyridine rings is 1. The maximum absolute atomic E-state index is 13.3. The minimum Gasteiger partial charge on any atom is -0.448 e. The van der Waals surface area contributed by atoms with Crippen molar-refractivity contribution in [1.29, 1.82) is 0 Å². The Kier molecular flexibility index (Phi) is 7.30. The first-order chi connectivity index (χ1) is 17.5. The first-order valence-electron chi connectivity index (χ1n) is 11.0. The van der Waals surface area contributed by atoms with Crippen LogP contribution in [0.2, 0.25) is 0 Å². The number of nitrogens with zero attached hydrogens (tertiary/aromatic N) is 3. The fraction of sp³-hybridized carbons (Fsp3) is 0.160. The lowest BCUT2D eigenvalue weighted by molar-refractivity contribution is -0.141. The normalized spacial score (nSPS) is 11.8. The van der Waals surface area contributed by atoms with Crippen LogP contribution in [0, 0.1) is 6.92 Å². The monoisotopic (exact) mass is 530 g/mol. The third-order valence-corrected chi connectivity index (χ3v) is 6.66. The fourth-order valence-electron chi connectivity index (χ4n) is 3.43. The van der Waals surface area contributed by atoms with Crippen LogP contribution in [0.4, 0.5) is 18.0 Å². The van der Waals surface area contributed by atoms with Crippen molar-refractivity contribution in [1.82, 2.24) is 19.5 Å². The molecular formula is C25H21F3N4O4S. The molecule has 8 nitrogen and oxygen atoms in total. The summed E-state index contributed by atoms with van der Waals surface area (Å²) >= 11 is 0. The van der Waals surface area contributed by atoms with Crippen LogP contribution in [0.3, 0.4) is 0 Å². The highest BCUT2D eigenvalue weighted by atomic mass is 32.2. The number of sulfonamides is 1. The number of ether oxygens (including phenoxy) is 1. The Labute approximate surface area is 210 Å². The summed E-state index contributed by atoms with van der Waals surface area (Å²) in [5, 5.41) is 3.74. The van der Waals surface area contributed by atoms with Crippen LogP contribution in [0.5, 0.6) is 0 Å². The maximum atomic E-state index is 13.3. The molecule has 2 heterocycles. The molecule has 0 aliphatic heterocycles. The highest BCUT2D eigenvalue weighted by Gasteiger charge is 2.35. The van der Waals surface area contributed by atoms with Gasteiger partial charge in [0.05, 0.1) is 22.9 Å². The fourth-order valence-corrected chi connectivity index (χ4v) is 4.32. The third kappa shape index (κ3) is 6.33. The van der Waals surface area contributed by atoms with Gasteiger partial charge in [-0.1, -0.05) is 29.8 Å². The summed E-state index contributed by atoms with van der Waals surface area (Å²) in [5.41, 5.74) is 1.72.